The number of benzene rings is 2. The molecule has 0 aliphatic rings. The van der Waals surface area contributed by atoms with E-state index in [1.807, 2.05) is 43.4 Å². The number of nitrogens with one attached hydrogen (secondary N) is 1. The molecular formula is C26H33IN4O3. The van der Waals surface area contributed by atoms with E-state index in [1.54, 1.807) is 37.1 Å². The van der Waals surface area contributed by atoms with Crippen molar-refractivity contribution in [2.24, 2.45) is 4.99 Å². The van der Waals surface area contributed by atoms with Gasteiger partial charge in [0.05, 0.1) is 27.3 Å². The van der Waals surface area contributed by atoms with Crippen molar-refractivity contribution in [1.29, 1.82) is 0 Å². The number of rotatable bonds is 9. The Bertz CT molecular complexity index is 1130. The zero-order chi connectivity index (χ0) is 23.6. The molecular weight excluding hydrogens is 543 g/mol. The van der Waals surface area contributed by atoms with Crippen molar-refractivity contribution in [3.8, 4) is 11.5 Å². The molecule has 0 aliphatic heterocycles. The molecule has 8 heteroatoms. The van der Waals surface area contributed by atoms with E-state index in [0.29, 0.717) is 19.6 Å². The molecule has 0 aliphatic carbocycles. The molecule has 34 heavy (non-hydrogen) atoms. The van der Waals surface area contributed by atoms with E-state index in [2.05, 4.69) is 29.3 Å². The molecule has 0 fully saturated rings. The van der Waals surface area contributed by atoms with Crippen LogP contribution in [-0.4, -0.2) is 43.2 Å². The minimum Gasteiger partial charge on any atom is -0.497 e. The van der Waals surface area contributed by atoms with Crippen molar-refractivity contribution in [2.45, 2.75) is 26.6 Å². The van der Waals surface area contributed by atoms with E-state index in [-0.39, 0.29) is 29.5 Å². The van der Waals surface area contributed by atoms with Crippen LogP contribution in [0.4, 0.5) is 0 Å². The number of hydrogen-bond acceptors (Lipinski definition) is 4. The average molecular weight is 576 g/mol. The van der Waals surface area contributed by atoms with Crippen molar-refractivity contribution in [3.05, 3.63) is 93.9 Å². The van der Waals surface area contributed by atoms with Crippen LogP contribution in [0.2, 0.25) is 0 Å². The topological polar surface area (TPSA) is 68.1 Å². The van der Waals surface area contributed by atoms with Crippen LogP contribution in [0.15, 0.2) is 76.6 Å². The highest BCUT2D eigenvalue weighted by Gasteiger charge is 2.11. The van der Waals surface area contributed by atoms with Gasteiger partial charge in [0.15, 0.2) is 5.96 Å². The average Bonchev–Trinajstić information content (AvgIpc) is 2.84. The highest BCUT2D eigenvalue weighted by Crippen LogP contribution is 2.25. The summed E-state index contributed by atoms with van der Waals surface area (Å²) in [4.78, 5) is 18.8. The van der Waals surface area contributed by atoms with Gasteiger partial charge in [0.25, 0.3) is 5.56 Å². The van der Waals surface area contributed by atoms with Gasteiger partial charge in [-0.3, -0.25) is 4.79 Å². The van der Waals surface area contributed by atoms with Crippen LogP contribution in [0, 0.1) is 0 Å². The molecule has 0 saturated carbocycles. The van der Waals surface area contributed by atoms with Gasteiger partial charge < -0.3 is 24.3 Å². The summed E-state index contributed by atoms with van der Waals surface area (Å²) in [5.74, 6) is 2.36. The summed E-state index contributed by atoms with van der Waals surface area (Å²) < 4.78 is 12.5. The van der Waals surface area contributed by atoms with Crippen LogP contribution in [0.3, 0.4) is 0 Å². The minimum atomic E-state index is -0.00186. The third-order valence-electron chi connectivity index (χ3n) is 5.28. The normalized spacial score (nSPS) is 10.9. The van der Waals surface area contributed by atoms with Crippen molar-refractivity contribution >= 4 is 29.9 Å². The Kier molecular flexibility index (Phi) is 10.9. The number of aromatic nitrogens is 1. The first-order valence-electron chi connectivity index (χ1n) is 11.0. The van der Waals surface area contributed by atoms with Crippen molar-refractivity contribution in [1.82, 2.24) is 14.8 Å². The molecule has 1 aromatic heterocycles. The monoisotopic (exact) mass is 576 g/mol. The molecule has 3 rings (SSSR count). The summed E-state index contributed by atoms with van der Waals surface area (Å²) >= 11 is 0. The van der Waals surface area contributed by atoms with Crippen LogP contribution in [0.1, 0.15) is 23.6 Å². The van der Waals surface area contributed by atoms with E-state index < -0.39 is 0 Å². The van der Waals surface area contributed by atoms with Gasteiger partial charge in [-0.2, -0.15) is 0 Å². The zero-order valence-corrected chi connectivity index (χ0v) is 22.5. The maximum absolute atomic E-state index is 11.9. The number of hydrogen-bond donors (Lipinski definition) is 1. The Balaban J connectivity index is 0.00000408. The van der Waals surface area contributed by atoms with Crippen LogP contribution >= 0.6 is 24.0 Å². The van der Waals surface area contributed by atoms with Crippen molar-refractivity contribution in [2.75, 3.05) is 27.8 Å². The van der Waals surface area contributed by atoms with E-state index in [1.165, 1.54) is 0 Å². The lowest BCUT2D eigenvalue weighted by Gasteiger charge is -2.23. The molecule has 182 valence electrons. The molecule has 0 radical (unpaired) electrons. The lowest BCUT2D eigenvalue weighted by molar-refractivity contribution is 0.382. The Morgan fingerprint density at radius 3 is 2.41 bits per heavy atom. The van der Waals surface area contributed by atoms with Gasteiger partial charge >= 0.3 is 0 Å². The molecule has 2 aromatic carbocycles. The SMILES string of the molecule is CCNC(=NCc1ccc(Cn2ccccc2=O)cc1)N(C)Cc1ccc(OC)cc1OC.I. The second-order valence-electron chi connectivity index (χ2n) is 7.69. The van der Waals surface area contributed by atoms with Gasteiger partial charge in [-0.25, -0.2) is 4.99 Å². The largest absolute Gasteiger partial charge is 0.497 e. The number of ether oxygens (including phenoxy) is 2. The molecule has 0 bridgehead atoms. The second kappa shape index (κ2) is 13.6. The first-order chi connectivity index (χ1) is 16.0. The number of methoxy groups -OCH3 is 2. The van der Waals surface area contributed by atoms with E-state index in [0.717, 1.165) is 40.7 Å². The molecule has 7 nitrogen and oxygen atoms in total. The van der Waals surface area contributed by atoms with Crippen LogP contribution in [0.5, 0.6) is 11.5 Å². The lowest BCUT2D eigenvalue weighted by Crippen LogP contribution is -2.38. The highest BCUT2D eigenvalue weighted by molar-refractivity contribution is 14.0. The van der Waals surface area contributed by atoms with Gasteiger partial charge in [0.1, 0.15) is 11.5 Å². The zero-order valence-electron chi connectivity index (χ0n) is 20.2. The summed E-state index contributed by atoms with van der Waals surface area (Å²) in [6.07, 6.45) is 1.80. The fourth-order valence-electron chi connectivity index (χ4n) is 3.49. The second-order valence-corrected chi connectivity index (χ2v) is 7.69. The minimum absolute atomic E-state index is 0. The molecule has 1 heterocycles. The molecule has 0 spiro atoms. The molecule has 0 unspecified atom stereocenters. The summed E-state index contributed by atoms with van der Waals surface area (Å²) in [5.41, 5.74) is 3.22. The maximum atomic E-state index is 11.9. The van der Waals surface area contributed by atoms with Crippen LogP contribution in [0.25, 0.3) is 0 Å². The maximum Gasteiger partial charge on any atom is 0.250 e. The fourth-order valence-corrected chi connectivity index (χ4v) is 3.49. The smallest absolute Gasteiger partial charge is 0.250 e. The number of pyridine rings is 1. The van der Waals surface area contributed by atoms with E-state index in [9.17, 15) is 4.79 Å². The van der Waals surface area contributed by atoms with Gasteiger partial charge in [-0.1, -0.05) is 30.3 Å². The van der Waals surface area contributed by atoms with Crippen LogP contribution in [-0.2, 0) is 19.6 Å². The Hall–Kier alpha value is -3.01. The van der Waals surface area contributed by atoms with Gasteiger partial charge in [-0.05, 0) is 36.2 Å². The van der Waals surface area contributed by atoms with Gasteiger partial charge in [-0.15, -0.1) is 24.0 Å². The summed E-state index contributed by atoms with van der Waals surface area (Å²) in [7, 11) is 5.31. The molecule has 0 amide bonds. The molecule has 0 saturated heterocycles. The summed E-state index contributed by atoms with van der Waals surface area (Å²) in [6, 6.07) is 19.2. The van der Waals surface area contributed by atoms with Crippen molar-refractivity contribution in [3.63, 3.8) is 0 Å². The third-order valence-corrected chi connectivity index (χ3v) is 5.28. The molecule has 0 atom stereocenters. The summed E-state index contributed by atoms with van der Waals surface area (Å²) in [6.45, 7) is 4.57. The quantitative estimate of drug-likeness (QED) is 0.236. The number of nitrogens with zero attached hydrogens (tertiary/aromatic N) is 3. The highest BCUT2D eigenvalue weighted by atomic mass is 127. The first-order valence-corrected chi connectivity index (χ1v) is 11.0. The van der Waals surface area contributed by atoms with E-state index in [4.69, 9.17) is 14.5 Å². The predicted octanol–water partition coefficient (Wildman–Crippen LogP) is 4.13. The molecule has 1 N–H and O–H groups in total. The lowest BCUT2D eigenvalue weighted by atomic mass is 10.1. The van der Waals surface area contributed by atoms with Crippen LogP contribution < -0.4 is 20.3 Å². The fraction of sp³-hybridized carbons (Fsp3) is 0.308. The number of guanidine groups is 1. The Labute approximate surface area is 218 Å². The standard InChI is InChI=1S/C26H32N4O3.HI/c1-5-27-26(29(2)19-22-13-14-23(32-3)16-24(22)33-4)28-17-20-9-11-21(12-10-20)18-30-15-7-6-8-25(30)31;/h6-16H,5,17-19H2,1-4H3,(H,27,28);1H. The number of halogens is 1. The van der Waals surface area contributed by atoms with E-state index >= 15 is 0 Å². The molecule has 3 aromatic rings. The number of aliphatic imine (C=N–C) groups is 1. The predicted molar refractivity (Wildman–Crippen MR) is 147 cm³/mol. The Morgan fingerprint density at radius 1 is 1.03 bits per heavy atom. The van der Waals surface area contributed by atoms with Gasteiger partial charge in [0, 0.05) is 44.0 Å². The van der Waals surface area contributed by atoms with Crippen molar-refractivity contribution < 1.29 is 9.47 Å². The van der Waals surface area contributed by atoms with Gasteiger partial charge in [0.2, 0.25) is 0 Å². The third kappa shape index (κ3) is 7.51. The first kappa shape index (κ1) is 27.2. The Morgan fingerprint density at radius 2 is 1.76 bits per heavy atom. The summed E-state index contributed by atoms with van der Waals surface area (Å²) in [5, 5.41) is 3.36.